The van der Waals surface area contributed by atoms with Crippen LogP contribution in [-0.2, 0) is 5.75 Å². The quantitative estimate of drug-likeness (QED) is 0.448. The van der Waals surface area contributed by atoms with Gasteiger partial charge in [-0.2, -0.15) is 0 Å². The molecule has 0 unspecified atom stereocenters. The lowest BCUT2D eigenvalue weighted by atomic mass is 10.2. The lowest BCUT2D eigenvalue weighted by Gasteiger charge is -2.09. The Balaban J connectivity index is 1.45. The Morgan fingerprint density at radius 1 is 1.00 bits per heavy atom. The second kappa shape index (κ2) is 8.20. The van der Waals surface area contributed by atoms with Crippen LogP contribution < -0.4 is 5.32 Å². The molecule has 0 atom stereocenters. The minimum atomic E-state index is -0.109. The van der Waals surface area contributed by atoms with Crippen LogP contribution in [0.1, 0.15) is 15.6 Å². The smallest absolute Gasteiger partial charge is 0.265 e. The van der Waals surface area contributed by atoms with Gasteiger partial charge in [0.25, 0.3) is 5.91 Å². The molecule has 0 bridgehead atoms. The van der Waals surface area contributed by atoms with Crippen molar-refractivity contribution in [2.45, 2.75) is 10.6 Å². The van der Waals surface area contributed by atoms with Gasteiger partial charge >= 0.3 is 0 Å². The third-order valence-corrected chi connectivity index (χ3v) is 5.65. The standard InChI is InChI=1S/C20H15N3O2S2/c24-19(17-11-6-12-26-17)21-15-9-4-5-10-16(15)27-13-18-22-23-20(25-18)14-7-2-1-3-8-14/h1-12H,13H2,(H,21,24). The maximum atomic E-state index is 12.3. The SMILES string of the molecule is O=C(Nc1ccccc1SCc1nnc(-c2ccccc2)o1)c1cccs1. The van der Waals surface area contributed by atoms with E-state index in [1.807, 2.05) is 66.0 Å². The Kier molecular flexibility index (Phi) is 5.32. The van der Waals surface area contributed by atoms with Gasteiger partial charge in [0, 0.05) is 10.5 Å². The fourth-order valence-electron chi connectivity index (χ4n) is 2.44. The molecule has 0 saturated carbocycles. The van der Waals surface area contributed by atoms with Crippen molar-refractivity contribution in [1.82, 2.24) is 10.2 Å². The number of hydrogen-bond donors (Lipinski definition) is 1. The third-order valence-electron chi connectivity index (χ3n) is 3.72. The number of benzene rings is 2. The second-order valence-electron chi connectivity index (χ2n) is 5.58. The molecule has 0 spiro atoms. The number of carbonyl (C=O) groups excluding carboxylic acids is 1. The molecule has 0 aliphatic carbocycles. The van der Waals surface area contributed by atoms with Crippen LogP contribution >= 0.6 is 23.1 Å². The highest BCUT2D eigenvalue weighted by Crippen LogP contribution is 2.30. The van der Waals surface area contributed by atoms with Crippen LogP contribution in [0.2, 0.25) is 0 Å². The van der Waals surface area contributed by atoms with E-state index < -0.39 is 0 Å². The molecule has 0 aliphatic heterocycles. The summed E-state index contributed by atoms with van der Waals surface area (Å²) < 4.78 is 5.74. The van der Waals surface area contributed by atoms with Gasteiger partial charge in [-0.25, -0.2) is 0 Å². The number of hydrogen-bond acceptors (Lipinski definition) is 6. The number of thiophene rings is 1. The van der Waals surface area contributed by atoms with Gasteiger partial charge in [-0.3, -0.25) is 4.79 Å². The number of nitrogens with zero attached hydrogens (tertiary/aromatic N) is 2. The second-order valence-corrected chi connectivity index (χ2v) is 7.55. The van der Waals surface area contributed by atoms with Crippen molar-refractivity contribution >= 4 is 34.7 Å². The number of aromatic nitrogens is 2. The van der Waals surface area contributed by atoms with Gasteiger partial charge in [0.1, 0.15) is 0 Å². The lowest BCUT2D eigenvalue weighted by molar-refractivity contribution is 0.103. The summed E-state index contributed by atoms with van der Waals surface area (Å²) in [4.78, 5) is 13.9. The van der Waals surface area contributed by atoms with Gasteiger partial charge in [-0.15, -0.1) is 33.3 Å². The molecule has 5 nitrogen and oxygen atoms in total. The molecule has 0 aliphatic rings. The number of amides is 1. The molecule has 27 heavy (non-hydrogen) atoms. The zero-order chi connectivity index (χ0) is 18.5. The summed E-state index contributed by atoms with van der Waals surface area (Å²) in [5.74, 6) is 1.46. The van der Waals surface area contributed by atoms with Crippen molar-refractivity contribution in [1.29, 1.82) is 0 Å². The molecule has 0 fully saturated rings. The zero-order valence-corrected chi connectivity index (χ0v) is 15.8. The Morgan fingerprint density at radius 2 is 1.81 bits per heavy atom. The molecule has 4 aromatic rings. The van der Waals surface area contributed by atoms with Crippen molar-refractivity contribution in [3.8, 4) is 11.5 Å². The molecule has 4 rings (SSSR count). The Hall–Kier alpha value is -2.90. The van der Waals surface area contributed by atoms with E-state index in [4.69, 9.17) is 4.42 Å². The predicted molar refractivity (Wildman–Crippen MR) is 108 cm³/mol. The van der Waals surface area contributed by atoms with Crippen molar-refractivity contribution in [2.24, 2.45) is 0 Å². The highest BCUT2D eigenvalue weighted by atomic mass is 32.2. The number of nitrogens with one attached hydrogen (secondary N) is 1. The average molecular weight is 393 g/mol. The molecule has 2 heterocycles. The minimum absolute atomic E-state index is 0.109. The zero-order valence-electron chi connectivity index (χ0n) is 14.2. The van der Waals surface area contributed by atoms with Crippen molar-refractivity contribution in [2.75, 3.05) is 5.32 Å². The van der Waals surface area contributed by atoms with E-state index in [1.165, 1.54) is 11.3 Å². The molecule has 1 N–H and O–H groups in total. The number of anilines is 1. The van der Waals surface area contributed by atoms with Crippen LogP contribution in [0.5, 0.6) is 0 Å². The largest absolute Gasteiger partial charge is 0.420 e. The van der Waals surface area contributed by atoms with Crippen LogP contribution in [0, 0.1) is 0 Å². The first-order valence-corrected chi connectivity index (χ1v) is 10.1. The molecule has 1 amide bonds. The van der Waals surface area contributed by atoms with Gasteiger partial charge < -0.3 is 9.73 Å². The molecular weight excluding hydrogens is 378 g/mol. The predicted octanol–water partition coefficient (Wildman–Crippen LogP) is 5.34. The van der Waals surface area contributed by atoms with E-state index in [-0.39, 0.29) is 5.91 Å². The van der Waals surface area contributed by atoms with E-state index in [9.17, 15) is 4.79 Å². The first-order chi connectivity index (χ1) is 13.3. The first kappa shape index (κ1) is 17.5. The average Bonchev–Trinajstić information content (AvgIpc) is 3.40. The highest BCUT2D eigenvalue weighted by Gasteiger charge is 2.12. The summed E-state index contributed by atoms with van der Waals surface area (Å²) in [7, 11) is 0. The Morgan fingerprint density at radius 3 is 2.63 bits per heavy atom. The number of carbonyl (C=O) groups is 1. The first-order valence-electron chi connectivity index (χ1n) is 8.24. The van der Waals surface area contributed by atoms with Crippen molar-refractivity contribution in [3.05, 3.63) is 82.9 Å². The maximum Gasteiger partial charge on any atom is 0.265 e. The number of thioether (sulfide) groups is 1. The van der Waals surface area contributed by atoms with Crippen LogP contribution in [0.15, 0.2) is 81.4 Å². The van der Waals surface area contributed by atoms with Crippen molar-refractivity contribution in [3.63, 3.8) is 0 Å². The summed E-state index contributed by atoms with van der Waals surface area (Å²) >= 11 is 2.96. The van der Waals surface area contributed by atoms with Gasteiger partial charge in [-0.1, -0.05) is 36.4 Å². The fourth-order valence-corrected chi connectivity index (χ4v) is 3.90. The number of para-hydroxylation sites is 1. The monoisotopic (exact) mass is 393 g/mol. The van der Waals surface area contributed by atoms with Crippen molar-refractivity contribution < 1.29 is 9.21 Å². The summed E-state index contributed by atoms with van der Waals surface area (Å²) in [6.45, 7) is 0. The van der Waals surface area contributed by atoms with E-state index in [2.05, 4.69) is 15.5 Å². The molecular formula is C20H15N3O2S2. The highest BCUT2D eigenvalue weighted by molar-refractivity contribution is 7.98. The number of rotatable bonds is 6. The summed E-state index contributed by atoms with van der Waals surface area (Å²) in [5, 5.41) is 13.1. The summed E-state index contributed by atoms with van der Waals surface area (Å²) in [5.41, 5.74) is 1.66. The van der Waals surface area contributed by atoms with Gasteiger partial charge in [0.05, 0.1) is 16.3 Å². The van der Waals surface area contributed by atoms with Crippen LogP contribution in [0.4, 0.5) is 5.69 Å². The van der Waals surface area contributed by atoms with E-state index in [1.54, 1.807) is 17.8 Å². The maximum absolute atomic E-state index is 12.3. The van der Waals surface area contributed by atoms with E-state index in [0.29, 0.717) is 22.4 Å². The Bertz CT molecular complexity index is 1030. The van der Waals surface area contributed by atoms with Crippen LogP contribution in [0.3, 0.4) is 0 Å². The molecule has 2 aromatic heterocycles. The minimum Gasteiger partial charge on any atom is -0.420 e. The van der Waals surface area contributed by atoms with Crippen LogP contribution in [-0.4, -0.2) is 16.1 Å². The lowest BCUT2D eigenvalue weighted by Crippen LogP contribution is -2.10. The normalized spacial score (nSPS) is 10.7. The molecule has 7 heteroatoms. The van der Waals surface area contributed by atoms with E-state index in [0.717, 1.165) is 16.1 Å². The van der Waals surface area contributed by atoms with Gasteiger partial charge in [0.2, 0.25) is 11.8 Å². The van der Waals surface area contributed by atoms with Crippen LogP contribution in [0.25, 0.3) is 11.5 Å². The topological polar surface area (TPSA) is 68.0 Å². The Labute approximate surface area is 164 Å². The third kappa shape index (κ3) is 4.27. The van der Waals surface area contributed by atoms with E-state index >= 15 is 0 Å². The molecule has 0 radical (unpaired) electrons. The molecule has 0 saturated heterocycles. The molecule has 2 aromatic carbocycles. The summed E-state index contributed by atoms with van der Waals surface area (Å²) in [6, 6.07) is 21.0. The van der Waals surface area contributed by atoms with Gasteiger partial charge in [0.15, 0.2) is 0 Å². The van der Waals surface area contributed by atoms with Gasteiger partial charge in [-0.05, 0) is 35.7 Å². The summed E-state index contributed by atoms with van der Waals surface area (Å²) in [6.07, 6.45) is 0. The molecule has 134 valence electrons. The fraction of sp³-hybridized carbons (Fsp3) is 0.0500.